The lowest BCUT2D eigenvalue weighted by Gasteiger charge is -2.02. The Bertz CT molecular complexity index is 697. The Morgan fingerprint density at radius 2 is 2.00 bits per heavy atom. The Balaban J connectivity index is 1.68. The number of hydrogen-bond donors (Lipinski definition) is 2. The lowest BCUT2D eigenvalue weighted by Crippen LogP contribution is -2.25. The first-order chi connectivity index (χ1) is 10.1. The molecular formula is C14H12FN3O2S. The molecule has 0 aliphatic heterocycles. The molecule has 7 heteroatoms. The van der Waals surface area contributed by atoms with E-state index in [1.165, 1.54) is 18.2 Å². The molecule has 3 rings (SSSR count). The Kier molecular flexibility index (Phi) is 3.66. The molecule has 108 valence electrons. The minimum atomic E-state index is -0.599. The predicted molar refractivity (Wildman–Crippen MR) is 77.0 cm³/mol. The molecule has 0 saturated heterocycles. The molecule has 0 atom stereocenters. The molecule has 5 nitrogen and oxygen atoms in total. The van der Waals surface area contributed by atoms with Crippen LogP contribution in [-0.4, -0.2) is 22.8 Å². The fourth-order valence-electron chi connectivity index (χ4n) is 1.73. The van der Waals surface area contributed by atoms with Crippen LogP contribution in [0, 0.1) is 5.82 Å². The number of benzene rings is 1. The van der Waals surface area contributed by atoms with Crippen LogP contribution in [0.25, 0.3) is 0 Å². The lowest BCUT2D eigenvalue weighted by molar-refractivity contribution is 0.0945. The maximum Gasteiger partial charge on any atom is 0.271 e. The number of nitrogens with zero attached hydrogens (tertiary/aromatic N) is 1. The first kappa shape index (κ1) is 13.7. The normalized spacial score (nSPS) is 13.8. The van der Waals surface area contributed by atoms with Gasteiger partial charge in [0.1, 0.15) is 11.5 Å². The molecule has 0 bridgehead atoms. The number of anilines is 1. The van der Waals surface area contributed by atoms with Crippen molar-refractivity contribution in [3.63, 3.8) is 0 Å². The molecule has 1 fully saturated rings. The standard InChI is InChI=1S/C14H12FN3O2S/c15-10-4-2-1-3-9(10)12(19)18-14-17-11(7-21-14)13(20)16-8-5-6-8/h1-4,7-8H,5-6H2,(H,16,20)(H,17,18,19). The molecule has 2 aromatic rings. The predicted octanol–water partition coefficient (Wildman–Crippen LogP) is 2.43. The smallest absolute Gasteiger partial charge is 0.271 e. The van der Waals surface area contributed by atoms with Gasteiger partial charge < -0.3 is 5.32 Å². The summed E-state index contributed by atoms with van der Waals surface area (Å²) < 4.78 is 13.5. The summed E-state index contributed by atoms with van der Waals surface area (Å²) in [5, 5.41) is 7.13. The number of halogens is 1. The van der Waals surface area contributed by atoms with Crippen molar-refractivity contribution in [1.82, 2.24) is 10.3 Å². The summed E-state index contributed by atoms with van der Waals surface area (Å²) in [7, 11) is 0. The Morgan fingerprint density at radius 3 is 2.71 bits per heavy atom. The third kappa shape index (κ3) is 3.25. The van der Waals surface area contributed by atoms with Gasteiger partial charge in [-0.1, -0.05) is 12.1 Å². The molecule has 1 aliphatic rings. The number of nitrogens with one attached hydrogen (secondary N) is 2. The average molecular weight is 305 g/mol. The minimum absolute atomic E-state index is 0.0586. The van der Waals surface area contributed by atoms with Crippen molar-refractivity contribution < 1.29 is 14.0 Å². The summed E-state index contributed by atoms with van der Waals surface area (Å²) in [4.78, 5) is 27.7. The number of rotatable bonds is 4. The zero-order chi connectivity index (χ0) is 14.8. The zero-order valence-corrected chi connectivity index (χ0v) is 11.7. The van der Waals surface area contributed by atoms with Gasteiger partial charge in [-0.25, -0.2) is 9.37 Å². The quantitative estimate of drug-likeness (QED) is 0.911. The lowest BCUT2D eigenvalue weighted by atomic mass is 10.2. The molecular weight excluding hydrogens is 293 g/mol. The summed E-state index contributed by atoms with van der Waals surface area (Å²) >= 11 is 1.13. The van der Waals surface area contributed by atoms with Crippen LogP contribution in [0.5, 0.6) is 0 Å². The van der Waals surface area contributed by atoms with E-state index in [1.54, 1.807) is 11.4 Å². The van der Waals surface area contributed by atoms with Gasteiger partial charge in [0.2, 0.25) is 0 Å². The van der Waals surface area contributed by atoms with Gasteiger partial charge in [0.15, 0.2) is 5.13 Å². The summed E-state index contributed by atoms with van der Waals surface area (Å²) in [5.41, 5.74) is 0.201. The Morgan fingerprint density at radius 1 is 1.24 bits per heavy atom. The molecule has 1 aromatic heterocycles. The second-order valence-corrected chi connectivity index (χ2v) is 5.58. The number of thiazole rings is 1. The zero-order valence-electron chi connectivity index (χ0n) is 10.9. The van der Waals surface area contributed by atoms with E-state index in [4.69, 9.17) is 0 Å². The summed E-state index contributed by atoms with van der Waals surface area (Å²) in [5.74, 6) is -1.44. The van der Waals surface area contributed by atoms with Crippen LogP contribution in [0.3, 0.4) is 0 Å². The molecule has 21 heavy (non-hydrogen) atoms. The monoisotopic (exact) mass is 305 g/mol. The van der Waals surface area contributed by atoms with Crippen molar-refractivity contribution in [2.45, 2.75) is 18.9 Å². The van der Waals surface area contributed by atoms with Gasteiger partial charge in [0.05, 0.1) is 5.56 Å². The largest absolute Gasteiger partial charge is 0.348 e. The summed E-state index contributed by atoms with van der Waals surface area (Å²) in [6.45, 7) is 0. The topological polar surface area (TPSA) is 71.1 Å². The van der Waals surface area contributed by atoms with Crippen LogP contribution in [0.15, 0.2) is 29.6 Å². The molecule has 0 spiro atoms. The van der Waals surface area contributed by atoms with Crippen LogP contribution < -0.4 is 10.6 Å². The van der Waals surface area contributed by atoms with Gasteiger partial charge in [0.25, 0.3) is 11.8 Å². The first-order valence-electron chi connectivity index (χ1n) is 6.46. The molecule has 0 radical (unpaired) electrons. The van der Waals surface area contributed by atoms with Crippen LogP contribution in [0.2, 0.25) is 0 Å². The fraction of sp³-hybridized carbons (Fsp3) is 0.214. The van der Waals surface area contributed by atoms with E-state index >= 15 is 0 Å². The minimum Gasteiger partial charge on any atom is -0.348 e. The number of amides is 2. The van der Waals surface area contributed by atoms with E-state index in [9.17, 15) is 14.0 Å². The van der Waals surface area contributed by atoms with Crippen molar-refractivity contribution in [3.05, 3.63) is 46.7 Å². The van der Waals surface area contributed by atoms with E-state index in [-0.39, 0.29) is 28.3 Å². The van der Waals surface area contributed by atoms with Crippen molar-refractivity contribution in [1.29, 1.82) is 0 Å². The van der Waals surface area contributed by atoms with Gasteiger partial charge >= 0.3 is 0 Å². The molecule has 1 saturated carbocycles. The molecule has 2 amide bonds. The third-order valence-electron chi connectivity index (χ3n) is 2.99. The van der Waals surface area contributed by atoms with E-state index in [0.29, 0.717) is 0 Å². The fourth-order valence-corrected chi connectivity index (χ4v) is 2.42. The Labute approximate surface area is 124 Å². The number of aromatic nitrogens is 1. The molecule has 0 unspecified atom stereocenters. The highest BCUT2D eigenvalue weighted by atomic mass is 32.1. The van der Waals surface area contributed by atoms with Gasteiger partial charge in [-0.3, -0.25) is 14.9 Å². The maximum absolute atomic E-state index is 13.5. The SMILES string of the molecule is O=C(NC1CC1)c1csc(NC(=O)c2ccccc2F)n1. The average Bonchev–Trinajstić information content (AvgIpc) is 3.15. The molecule has 1 heterocycles. The second-order valence-electron chi connectivity index (χ2n) is 4.72. The van der Waals surface area contributed by atoms with E-state index in [1.807, 2.05) is 0 Å². The molecule has 1 aliphatic carbocycles. The van der Waals surface area contributed by atoms with Gasteiger partial charge in [-0.05, 0) is 25.0 Å². The Hall–Kier alpha value is -2.28. The number of hydrogen-bond acceptors (Lipinski definition) is 4. The maximum atomic E-state index is 13.5. The first-order valence-corrected chi connectivity index (χ1v) is 7.34. The van der Waals surface area contributed by atoms with Crippen molar-refractivity contribution in [2.24, 2.45) is 0 Å². The molecule has 2 N–H and O–H groups in total. The van der Waals surface area contributed by atoms with Crippen LogP contribution in [0.1, 0.15) is 33.7 Å². The summed E-state index contributed by atoms with van der Waals surface area (Å²) in [6.07, 6.45) is 1.99. The second kappa shape index (κ2) is 5.61. The third-order valence-corrected chi connectivity index (χ3v) is 3.75. The van der Waals surface area contributed by atoms with E-state index in [2.05, 4.69) is 15.6 Å². The van der Waals surface area contributed by atoms with Gasteiger partial charge in [-0.2, -0.15) is 0 Å². The van der Waals surface area contributed by atoms with Crippen LogP contribution in [0.4, 0.5) is 9.52 Å². The van der Waals surface area contributed by atoms with Gasteiger partial charge in [0, 0.05) is 11.4 Å². The van der Waals surface area contributed by atoms with Crippen molar-refractivity contribution >= 4 is 28.3 Å². The highest BCUT2D eigenvalue weighted by molar-refractivity contribution is 7.14. The van der Waals surface area contributed by atoms with Gasteiger partial charge in [-0.15, -0.1) is 11.3 Å². The summed E-state index contributed by atoms with van der Waals surface area (Å²) in [6, 6.07) is 5.93. The number of carbonyl (C=O) groups is 2. The highest BCUT2D eigenvalue weighted by Gasteiger charge is 2.25. The number of carbonyl (C=O) groups excluding carboxylic acids is 2. The van der Waals surface area contributed by atoms with Crippen LogP contribution >= 0.6 is 11.3 Å². The van der Waals surface area contributed by atoms with Crippen molar-refractivity contribution in [3.8, 4) is 0 Å². The van der Waals surface area contributed by atoms with Crippen LogP contribution in [-0.2, 0) is 0 Å². The highest BCUT2D eigenvalue weighted by Crippen LogP contribution is 2.21. The molecule has 1 aromatic carbocycles. The van der Waals surface area contributed by atoms with E-state index < -0.39 is 11.7 Å². The van der Waals surface area contributed by atoms with E-state index in [0.717, 1.165) is 24.2 Å². The van der Waals surface area contributed by atoms with Crippen molar-refractivity contribution in [2.75, 3.05) is 5.32 Å².